The summed E-state index contributed by atoms with van der Waals surface area (Å²) >= 11 is 0. The highest BCUT2D eigenvalue weighted by Crippen LogP contribution is 2.18. The fourth-order valence-electron chi connectivity index (χ4n) is 2.51. The van der Waals surface area contributed by atoms with Crippen LogP contribution in [-0.4, -0.2) is 29.8 Å². The van der Waals surface area contributed by atoms with Gasteiger partial charge in [0.2, 0.25) is 11.8 Å². The van der Waals surface area contributed by atoms with Gasteiger partial charge < -0.3 is 16.0 Å². The molecule has 2 aromatic carbocycles. The predicted molar refractivity (Wildman–Crippen MR) is 104 cm³/mol. The van der Waals surface area contributed by atoms with Crippen molar-refractivity contribution in [3.05, 3.63) is 59.7 Å². The van der Waals surface area contributed by atoms with Crippen molar-refractivity contribution < 1.29 is 18.4 Å². The molecule has 0 aliphatic carbocycles. The van der Waals surface area contributed by atoms with Crippen LogP contribution in [0.15, 0.2) is 42.5 Å². The SMILES string of the molecule is CCN(CC(=O)Nc1c(F)cccc1F)C(=O)CCc1ccccc1N.Cl. The summed E-state index contributed by atoms with van der Waals surface area (Å²) in [5, 5.41) is 2.18. The highest BCUT2D eigenvalue weighted by molar-refractivity contribution is 5.94. The van der Waals surface area contributed by atoms with Crippen LogP contribution in [0.5, 0.6) is 0 Å². The third kappa shape index (κ3) is 6.21. The van der Waals surface area contributed by atoms with Crippen LogP contribution < -0.4 is 11.1 Å². The van der Waals surface area contributed by atoms with Gasteiger partial charge in [-0.05, 0) is 37.1 Å². The number of halogens is 3. The molecular formula is C19H22ClF2N3O2. The number of anilines is 2. The van der Waals surface area contributed by atoms with Crippen LogP contribution in [0.2, 0.25) is 0 Å². The summed E-state index contributed by atoms with van der Waals surface area (Å²) in [5.74, 6) is -2.64. The monoisotopic (exact) mass is 397 g/mol. The summed E-state index contributed by atoms with van der Waals surface area (Å²) in [6.45, 7) is 1.75. The standard InChI is InChI=1S/C19H21F2N3O2.ClH/c1-2-24(18(26)11-10-13-6-3-4-9-16(13)22)12-17(25)23-19-14(20)7-5-8-15(19)21;/h3-9H,2,10-12,22H2,1H3,(H,23,25);1H. The molecule has 0 fully saturated rings. The van der Waals surface area contributed by atoms with Crippen LogP contribution in [-0.2, 0) is 16.0 Å². The van der Waals surface area contributed by atoms with Crippen LogP contribution in [0.1, 0.15) is 18.9 Å². The molecule has 2 amide bonds. The van der Waals surface area contributed by atoms with Crippen LogP contribution in [0.3, 0.4) is 0 Å². The van der Waals surface area contributed by atoms with Crippen LogP contribution in [0, 0.1) is 11.6 Å². The number of carbonyl (C=O) groups is 2. The molecule has 27 heavy (non-hydrogen) atoms. The summed E-state index contributed by atoms with van der Waals surface area (Å²) in [6.07, 6.45) is 0.634. The number of rotatable bonds is 7. The molecule has 0 saturated carbocycles. The highest BCUT2D eigenvalue weighted by atomic mass is 35.5. The molecule has 3 N–H and O–H groups in total. The van der Waals surface area contributed by atoms with E-state index in [1.165, 1.54) is 11.0 Å². The van der Waals surface area contributed by atoms with Gasteiger partial charge in [0.1, 0.15) is 17.3 Å². The Morgan fingerprint density at radius 3 is 2.30 bits per heavy atom. The van der Waals surface area contributed by atoms with E-state index in [1.54, 1.807) is 13.0 Å². The second-order valence-electron chi connectivity index (χ2n) is 5.75. The van der Waals surface area contributed by atoms with Crippen molar-refractivity contribution in [3.63, 3.8) is 0 Å². The van der Waals surface area contributed by atoms with Crippen molar-refractivity contribution in [1.29, 1.82) is 0 Å². The number of benzene rings is 2. The molecule has 8 heteroatoms. The molecular weight excluding hydrogens is 376 g/mol. The minimum atomic E-state index is -0.868. The number of amides is 2. The second-order valence-corrected chi connectivity index (χ2v) is 5.75. The van der Waals surface area contributed by atoms with Gasteiger partial charge in [0, 0.05) is 18.7 Å². The Balaban J connectivity index is 0.00000364. The van der Waals surface area contributed by atoms with Crippen LogP contribution >= 0.6 is 12.4 Å². The third-order valence-corrected chi connectivity index (χ3v) is 3.96. The van der Waals surface area contributed by atoms with Crippen molar-refractivity contribution in [2.75, 3.05) is 24.1 Å². The summed E-state index contributed by atoms with van der Waals surface area (Å²) < 4.78 is 27.2. The van der Waals surface area contributed by atoms with E-state index >= 15 is 0 Å². The number of nitrogens with two attached hydrogens (primary N) is 1. The number of carbonyl (C=O) groups excluding carboxylic acids is 2. The van der Waals surface area contributed by atoms with E-state index in [0.29, 0.717) is 18.7 Å². The smallest absolute Gasteiger partial charge is 0.244 e. The fraction of sp³-hybridized carbons (Fsp3) is 0.263. The Morgan fingerprint density at radius 2 is 1.70 bits per heavy atom. The molecule has 0 spiro atoms. The van der Waals surface area contributed by atoms with Crippen LogP contribution in [0.4, 0.5) is 20.2 Å². The summed E-state index contributed by atoms with van der Waals surface area (Å²) in [7, 11) is 0. The predicted octanol–water partition coefficient (Wildman–Crippen LogP) is 3.39. The lowest BCUT2D eigenvalue weighted by molar-refractivity contribution is -0.134. The maximum atomic E-state index is 13.6. The zero-order valence-corrected chi connectivity index (χ0v) is 15.7. The lowest BCUT2D eigenvalue weighted by Crippen LogP contribution is -2.38. The minimum absolute atomic E-state index is 0. The first-order valence-corrected chi connectivity index (χ1v) is 8.27. The molecule has 146 valence electrons. The summed E-state index contributed by atoms with van der Waals surface area (Å²) in [5.41, 5.74) is 6.80. The van der Waals surface area contributed by atoms with Gasteiger partial charge in [-0.2, -0.15) is 0 Å². The number of hydrogen-bond donors (Lipinski definition) is 2. The quantitative estimate of drug-likeness (QED) is 0.703. The number of nitrogens with zero attached hydrogens (tertiary/aromatic N) is 1. The largest absolute Gasteiger partial charge is 0.399 e. The van der Waals surface area contributed by atoms with E-state index < -0.39 is 23.2 Å². The van der Waals surface area contributed by atoms with E-state index in [2.05, 4.69) is 5.32 Å². The molecule has 2 aromatic rings. The van der Waals surface area contributed by atoms with Crippen molar-refractivity contribution >= 4 is 35.6 Å². The molecule has 0 radical (unpaired) electrons. The van der Waals surface area contributed by atoms with Gasteiger partial charge in [-0.1, -0.05) is 24.3 Å². The molecule has 0 aromatic heterocycles. The molecule has 0 saturated heterocycles. The Hall–Kier alpha value is -2.67. The fourth-order valence-corrected chi connectivity index (χ4v) is 2.51. The molecule has 2 rings (SSSR count). The second kappa shape index (κ2) is 10.5. The van der Waals surface area contributed by atoms with Crippen LogP contribution in [0.25, 0.3) is 0 Å². The van der Waals surface area contributed by atoms with Gasteiger partial charge in [-0.15, -0.1) is 12.4 Å². The third-order valence-electron chi connectivity index (χ3n) is 3.96. The van der Waals surface area contributed by atoms with E-state index in [1.807, 2.05) is 18.2 Å². The van der Waals surface area contributed by atoms with E-state index in [9.17, 15) is 18.4 Å². The summed E-state index contributed by atoms with van der Waals surface area (Å²) in [4.78, 5) is 25.7. The van der Waals surface area contributed by atoms with Crippen molar-refractivity contribution in [2.24, 2.45) is 0 Å². The molecule has 0 unspecified atom stereocenters. The summed E-state index contributed by atoms with van der Waals surface area (Å²) in [6, 6.07) is 10.5. The van der Waals surface area contributed by atoms with E-state index in [4.69, 9.17) is 5.73 Å². The Labute approximate surface area is 162 Å². The van der Waals surface area contributed by atoms with Gasteiger partial charge in [0.05, 0.1) is 6.54 Å². The van der Waals surface area contributed by atoms with E-state index in [-0.39, 0.29) is 31.3 Å². The number of para-hydroxylation sites is 2. The average molecular weight is 398 g/mol. The Morgan fingerprint density at radius 1 is 1.07 bits per heavy atom. The number of nitrogens with one attached hydrogen (secondary N) is 1. The topological polar surface area (TPSA) is 75.4 Å². The molecule has 0 aliphatic heterocycles. The number of aryl methyl sites for hydroxylation is 1. The molecule has 0 bridgehead atoms. The lowest BCUT2D eigenvalue weighted by atomic mass is 10.1. The minimum Gasteiger partial charge on any atom is -0.399 e. The molecule has 0 aliphatic rings. The average Bonchev–Trinajstić information content (AvgIpc) is 2.62. The zero-order chi connectivity index (χ0) is 19.1. The van der Waals surface area contributed by atoms with Crippen molar-refractivity contribution in [3.8, 4) is 0 Å². The Bertz CT molecular complexity index is 782. The maximum absolute atomic E-state index is 13.6. The number of hydrogen-bond acceptors (Lipinski definition) is 3. The van der Waals surface area contributed by atoms with Gasteiger partial charge >= 0.3 is 0 Å². The molecule has 0 atom stereocenters. The lowest BCUT2D eigenvalue weighted by Gasteiger charge is -2.20. The normalized spacial score (nSPS) is 10.0. The van der Waals surface area contributed by atoms with Crippen molar-refractivity contribution in [2.45, 2.75) is 19.8 Å². The molecule has 5 nitrogen and oxygen atoms in total. The first-order valence-electron chi connectivity index (χ1n) is 8.27. The van der Waals surface area contributed by atoms with Gasteiger partial charge in [-0.3, -0.25) is 9.59 Å². The van der Waals surface area contributed by atoms with Gasteiger partial charge in [-0.25, -0.2) is 8.78 Å². The first kappa shape index (κ1) is 22.4. The highest BCUT2D eigenvalue weighted by Gasteiger charge is 2.18. The first-order chi connectivity index (χ1) is 12.4. The zero-order valence-electron chi connectivity index (χ0n) is 14.9. The molecule has 0 heterocycles. The van der Waals surface area contributed by atoms with E-state index in [0.717, 1.165) is 17.7 Å². The van der Waals surface area contributed by atoms with Crippen molar-refractivity contribution in [1.82, 2.24) is 4.90 Å². The van der Waals surface area contributed by atoms with Gasteiger partial charge in [0.15, 0.2) is 0 Å². The number of nitrogen functional groups attached to an aromatic ring is 1. The number of likely N-dealkylation sites (N-methyl/N-ethyl adjacent to an activating group) is 1. The Kier molecular flexibility index (Phi) is 8.68. The maximum Gasteiger partial charge on any atom is 0.244 e. The van der Waals surface area contributed by atoms with Gasteiger partial charge in [0.25, 0.3) is 0 Å².